The first-order valence-electron chi connectivity index (χ1n) is 12.9. The Kier molecular flexibility index (Phi) is 12.4. The van der Waals surface area contributed by atoms with Crippen LogP contribution in [0.2, 0.25) is 5.28 Å². The molecule has 0 bridgehead atoms. The number of sulfone groups is 1. The van der Waals surface area contributed by atoms with Gasteiger partial charge in [-0.25, -0.2) is 18.4 Å². The average Bonchev–Trinajstić information content (AvgIpc) is 3.12. The summed E-state index contributed by atoms with van der Waals surface area (Å²) in [6, 6.07) is 0. The number of halogens is 1. The molecule has 0 radical (unpaired) electrons. The normalized spacial score (nSPS) is 12.1. The molecule has 0 aliphatic heterocycles. The summed E-state index contributed by atoms with van der Waals surface area (Å²) in [5.74, 6) is 0.614. The lowest BCUT2D eigenvalue weighted by Gasteiger charge is -2.12. The van der Waals surface area contributed by atoms with Crippen LogP contribution in [0.25, 0.3) is 11.2 Å². The molecule has 8 nitrogen and oxygen atoms in total. The van der Waals surface area contributed by atoms with Crippen molar-refractivity contribution >= 4 is 38.6 Å². The minimum atomic E-state index is -3.61. The summed E-state index contributed by atoms with van der Waals surface area (Å²) in [7, 11) is -2.17. The van der Waals surface area contributed by atoms with Crippen LogP contribution in [0, 0.1) is 6.92 Å². The number of nitrogens with zero attached hydrogens (tertiary/aromatic N) is 4. The van der Waals surface area contributed by atoms with Crippen LogP contribution in [0.5, 0.6) is 0 Å². The molecule has 0 aliphatic carbocycles. The molecular weight excluding hydrogens is 488 g/mol. The third kappa shape index (κ3) is 9.01. The monoisotopic (exact) mass is 528 g/mol. The van der Waals surface area contributed by atoms with Crippen LogP contribution in [0.3, 0.4) is 0 Å². The maximum atomic E-state index is 12.9. The Balaban J connectivity index is 1.69. The fraction of sp³-hybridized carbons (Fsp3) is 0.760. The molecule has 0 atom stereocenters. The Morgan fingerprint density at radius 1 is 0.886 bits per heavy atom. The minimum absolute atomic E-state index is 0.0217. The van der Waals surface area contributed by atoms with E-state index >= 15 is 0 Å². The van der Waals surface area contributed by atoms with Crippen LogP contribution < -0.4 is 0 Å². The number of fused-ring (bicyclic) bond motifs is 1. The molecule has 198 valence electrons. The van der Waals surface area contributed by atoms with Gasteiger partial charge >= 0.3 is 5.97 Å². The lowest BCUT2D eigenvalue weighted by molar-refractivity contribution is -0.140. The molecule has 0 aromatic carbocycles. The molecule has 0 aliphatic rings. The van der Waals surface area contributed by atoms with Crippen molar-refractivity contribution in [2.45, 2.75) is 121 Å². The van der Waals surface area contributed by atoms with Crippen LogP contribution >= 0.6 is 11.6 Å². The number of carbonyl (C=O) groups is 1. The Morgan fingerprint density at radius 2 is 1.40 bits per heavy atom. The second kappa shape index (κ2) is 14.7. The lowest BCUT2D eigenvalue weighted by Crippen LogP contribution is -2.18. The smallest absolute Gasteiger partial charge is 0.305 e. The zero-order valence-electron chi connectivity index (χ0n) is 21.7. The second-order valence-electron chi connectivity index (χ2n) is 9.44. The molecule has 2 rings (SSSR count). The molecule has 0 unspecified atom stereocenters. The van der Waals surface area contributed by atoms with Gasteiger partial charge in [0.05, 0.1) is 12.4 Å². The molecular formula is C25H41ClN4O4S. The van der Waals surface area contributed by atoms with Gasteiger partial charge in [-0.05, 0) is 45.2 Å². The first kappa shape index (κ1) is 29.5. The standard InChI is InChI=1S/C25H41ClN4O4S/c1-19(2)35(32,33)24-22-23(28-25(26)29-24)27-20(3)30(22)18-16-14-12-10-8-6-5-7-9-11-13-15-17-21(31)34-4/h19H,5-18H2,1-4H3. The van der Waals surface area contributed by atoms with Crippen molar-refractivity contribution in [3.8, 4) is 0 Å². The number of aromatic nitrogens is 4. The Labute approximate surface area is 215 Å². The summed E-state index contributed by atoms with van der Waals surface area (Å²) < 4.78 is 32.3. The highest BCUT2D eigenvalue weighted by molar-refractivity contribution is 7.92. The number of rotatable bonds is 17. The maximum Gasteiger partial charge on any atom is 0.305 e. The molecule has 35 heavy (non-hydrogen) atoms. The van der Waals surface area contributed by atoms with Crippen LogP contribution in [-0.4, -0.2) is 46.3 Å². The van der Waals surface area contributed by atoms with Crippen molar-refractivity contribution in [3.05, 3.63) is 11.1 Å². The quantitative estimate of drug-likeness (QED) is 0.104. The van der Waals surface area contributed by atoms with E-state index in [0.717, 1.165) is 31.5 Å². The van der Waals surface area contributed by atoms with Crippen molar-refractivity contribution in [3.63, 3.8) is 0 Å². The summed E-state index contributed by atoms with van der Waals surface area (Å²) >= 11 is 6.00. The van der Waals surface area contributed by atoms with E-state index in [4.69, 9.17) is 11.6 Å². The number of aryl methyl sites for hydroxylation is 2. The van der Waals surface area contributed by atoms with Gasteiger partial charge in [0.1, 0.15) is 11.3 Å². The second-order valence-corrected chi connectivity index (χ2v) is 12.2. The van der Waals surface area contributed by atoms with Crippen molar-refractivity contribution in [1.29, 1.82) is 0 Å². The van der Waals surface area contributed by atoms with Crippen molar-refractivity contribution in [1.82, 2.24) is 19.5 Å². The molecule has 0 spiro atoms. The van der Waals surface area contributed by atoms with Crippen molar-refractivity contribution in [2.75, 3.05) is 7.11 Å². The molecule has 0 fully saturated rings. The van der Waals surface area contributed by atoms with Gasteiger partial charge in [-0.1, -0.05) is 64.2 Å². The molecule has 0 saturated carbocycles. The zero-order valence-corrected chi connectivity index (χ0v) is 23.3. The molecule has 10 heteroatoms. The van der Waals surface area contributed by atoms with Crippen LogP contribution in [0.1, 0.15) is 103 Å². The molecule has 0 N–H and O–H groups in total. The van der Waals surface area contributed by atoms with Gasteiger partial charge in [0.25, 0.3) is 0 Å². The van der Waals surface area contributed by atoms with Gasteiger partial charge in [0, 0.05) is 13.0 Å². The van der Waals surface area contributed by atoms with Gasteiger partial charge in [-0.3, -0.25) is 4.79 Å². The van der Waals surface area contributed by atoms with E-state index in [1.165, 1.54) is 58.5 Å². The SMILES string of the molecule is COC(=O)CCCCCCCCCCCCCCn1c(C)nc2nc(Cl)nc(S(=O)(=O)C(C)C)c21. The molecule has 2 aromatic rings. The van der Waals surface area contributed by atoms with E-state index < -0.39 is 15.1 Å². The van der Waals surface area contributed by atoms with Crippen molar-refractivity contribution < 1.29 is 17.9 Å². The number of hydrogen-bond donors (Lipinski definition) is 0. The highest BCUT2D eigenvalue weighted by Crippen LogP contribution is 2.26. The van der Waals surface area contributed by atoms with E-state index in [1.807, 2.05) is 11.5 Å². The Bertz CT molecular complexity index is 1050. The zero-order chi connectivity index (χ0) is 25.8. The fourth-order valence-corrected chi connectivity index (χ4v) is 5.54. The number of carbonyl (C=O) groups excluding carboxylic acids is 1. The first-order valence-corrected chi connectivity index (χ1v) is 14.8. The minimum Gasteiger partial charge on any atom is -0.469 e. The topological polar surface area (TPSA) is 104 Å². The average molecular weight is 529 g/mol. The largest absolute Gasteiger partial charge is 0.469 e. The molecule has 0 saturated heterocycles. The summed E-state index contributed by atoms with van der Waals surface area (Å²) in [5.41, 5.74) is 0.802. The number of methoxy groups -OCH3 is 1. The number of ether oxygens (including phenoxy) is 1. The van der Waals surface area contributed by atoms with Crippen molar-refractivity contribution in [2.24, 2.45) is 0 Å². The summed E-state index contributed by atoms with van der Waals surface area (Å²) in [6.45, 7) is 5.82. The Hall–Kier alpha value is -1.74. The third-order valence-corrected chi connectivity index (χ3v) is 8.60. The van der Waals surface area contributed by atoms with Gasteiger partial charge < -0.3 is 9.30 Å². The van der Waals surface area contributed by atoms with Gasteiger partial charge in [-0.2, -0.15) is 4.98 Å². The molecule has 2 aromatic heterocycles. The number of hydrogen-bond acceptors (Lipinski definition) is 7. The van der Waals surface area contributed by atoms with Gasteiger partial charge in [0.15, 0.2) is 20.5 Å². The highest BCUT2D eigenvalue weighted by Gasteiger charge is 2.28. The maximum absolute atomic E-state index is 12.9. The van der Waals surface area contributed by atoms with E-state index in [1.54, 1.807) is 13.8 Å². The lowest BCUT2D eigenvalue weighted by atomic mass is 10.0. The van der Waals surface area contributed by atoms with Crippen LogP contribution in [0.15, 0.2) is 5.03 Å². The van der Waals surface area contributed by atoms with E-state index in [9.17, 15) is 13.2 Å². The number of unbranched alkanes of at least 4 members (excludes halogenated alkanes) is 11. The predicted octanol–water partition coefficient (Wildman–Crippen LogP) is 6.21. The van der Waals surface area contributed by atoms with Gasteiger partial charge in [-0.15, -0.1) is 0 Å². The van der Waals surface area contributed by atoms with E-state index in [-0.39, 0.29) is 16.3 Å². The molecule has 0 amide bonds. The number of imidazole rings is 1. The highest BCUT2D eigenvalue weighted by atomic mass is 35.5. The molecule has 2 heterocycles. The number of esters is 1. The predicted molar refractivity (Wildman–Crippen MR) is 139 cm³/mol. The van der Waals surface area contributed by atoms with E-state index in [2.05, 4.69) is 19.7 Å². The van der Waals surface area contributed by atoms with Gasteiger partial charge in [0.2, 0.25) is 5.28 Å². The summed E-state index contributed by atoms with van der Waals surface area (Å²) in [6.07, 6.45) is 14.5. The van der Waals surface area contributed by atoms with Crippen LogP contribution in [-0.2, 0) is 25.9 Å². The van der Waals surface area contributed by atoms with Crippen LogP contribution in [0.4, 0.5) is 0 Å². The fourth-order valence-electron chi connectivity index (χ4n) is 4.19. The van der Waals surface area contributed by atoms with E-state index in [0.29, 0.717) is 24.1 Å². The third-order valence-electron chi connectivity index (χ3n) is 6.36. The Morgan fingerprint density at radius 3 is 1.91 bits per heavy atom. The summed E-state index contributed by atoms with van der Waals surface area (Å²) in [4.78, 5) is 23.7. The first-order chi connectivity index (χ1) is 16.7. The summed E-state index contributed by atoms with van der Waals surface area (Å²) in [5, 5.41) is -0.724.